The quantitative estimate of drug-likeness (QED) is 0.717. The third kappa shape index (κ3) is 2.60. The van der Waals surface area contributed by atoms with Crippen molar-refractivity contribution in [2.75, 3.05) is 0 Å². The van der Waals surface area contributed by atoms with Crippen LogP contribution in [0.2, 0.25) is 0 Å². The number of carboxylic acid groups (broad SMARTS) is 1. The van der Waals surface area contributed by atoms with Crippen LogP contribution in [0.5, 0.6) is 0 Å². The van der Waals surface area contributed by atoms with Gasteiger partial charge in [0.2, 0.25) is 0 Å². The number of aromatic nitrogens is 1. The van der Waals surface area contributed by atoms with Gasteiger partial charge in [0.15, 0.2) is 0 Å². The number of carboxylic acids is 1. The van der Waals surface area contributed by atoms with Gasteiger partial charge in [-0.15, -0.1) is 0 Å². The van der Waals surface area contributed by atoms with E-state index >= 15 is 0 Å². The first kappa shape index (κ1) is 9.15. The fraction of sp³-hybridized carbons (Fsp3) is 0.429. The standard InChI is InChI=1S/C7H10N2O2S/c8-6(7(10)11)2-1-5-3-4-9-12-5/h3-4,6H,1-2,8H2,(H,10,11)/t6-/m0/s1. The summed E-state index contributed by atoms with van der Waals surface area (Å²) in [5, 5.41) is 8.47. The predicted octanol–water partition coefficient (Wildman–Crippen LogP) is 0.488. The molecule has 3 N–H and O–H groups in total. The number of hydrogen-bond donors (Lipinski definition) is 2. The Morgan fingerprint density at radius 1 is 1.83 bits per heavy atom. The van der Waals surface area contributed by atoms with Crippen molar-refractivity contribution in [3.63, 3.8) is 0 Å². The Bertz CT molecular complexity index is 248. The van der Waals surface area contributed by atoms with Gasteiger partial charge in [0.05, 0.1) is 0 Å². The van der Waals surface area contributed by atoms with E-state index in [1.165, 1.54) is 11.5 Å². The van der Waals surface area contributed by atoms with Gasteiger partial charge in [-0.05, 0) is 30.4 Å². The lowest BCUT2D eigenvalue weighted by Crippen LogP contribution is -2.30. The number of aryl methyl sites for hydroxylation is 1. The van der Waals surface area contributed by atoms with Crippen LogP contribution in [0.25, 0.3) is 0 Å². The van der Waals surface area contributed by atoms with Crippen molar-refractivity contribution in [2.24, 2.45) is 5.73 Å². The van der Waals surface area contributed by atoms with Crippen LogP contribution < -0.4 is 5.73 Å². The summed E-state index contributed by atoms with van der Waals surface area (Å²) in [5.74, 6) is -0.945. The number of aliphatic carboxylic acids is 1. The van der Waals surface area contributed by atoms with Crippen molar-refractivity contribution in [2.45, 2.75) is 18.9 Å². The van der Waals surface area contributed by atoms with Gasteiger partial charge in [-0.1, -0.05) is 0 Å². The summed E-state index contributed by atoms with van der Waals surface area (Å²) in [5.41, 5.74) is 5.32. The fourth-order valence-corrected chi connectivity index (χ4v) is 1.38. The minimum Gasteiger partial charge on any atom is -0.480 e. The first-order valence-corrected chi connectivity index (χ1v) is 4.35. The molecule has 0 bridgehead atoms. The number of nitrogens with two attached hydrogens (primary N) is 1. The van der Waals surface area contributed by atoms with E-state index in [9.17, 15) is 4.79 Å². The number of rotatable bonds is 4. The first-order chi connectivity index (χ1) is 5.70. The van der Waals surface area contributed by atoms with Crippen LogP contribution in [0.4, 0.5) is 0 Å². The molecule has 4 nitrogen and oxygen atoms in total. The lowest BCUT2D eigenvalue weighted by molar-refractivity contribution is -0.138. The molecule has 5 heteroatoms. The van der Waals surface area contributed by atoms with E-state index < -0.39 is 12.0 Å². The Morgan fingerprint density at radius 2 is 2.58 bits per heavy atom. The van der Waals surface area contributed by atoms with E-state index in [0.29, 0.717) is 12.8 Å². The van der Waals surface area contributed by atoms with Crippen LogP contribution >= 0.6 is 11.5 Å². The molecule has 0 aliphatic carbocycles. The van der Waals surface area contributed by atoms with Gasteiger partial charge in [-0.25, -0.2) is 4.37 Å². The lowest BCUT2D eigenvalue weighted by Gasteiger charge is -2.02. The minimum absolute atomic E-state index is 0.470. The first-order valence-electron chi connectivity index (χ1n) is 3.58. The molecule has 0 spiro atoms. The van der Waals surface area contributed by atoms with Gasteiger partial charge in [-0.3, -0.25) is 4.79 Å². The topological polar surface area (TPSA) is 76.2 Å². The predicted molar refractivity (Wildman–Crippen MR) is 46.0 cm³/mol. The average molecular weight is 186 g/mol. The van der Waals surface area contributed by atoms with Gasteiger partial charge >= 0.3 is 5.97 Å². The summed E-state index contributed by atoms with van der Waals surface area (Å²) >= 11 is 1.38. The summed E-state index contributed by atoms with van der Waals surface area (Å²) < 4.78 is 3.90. The molecule has 1 aromatic rings. The largest absolute Gasteiger partial charge is 0.480 e. The monoisotopic (exact) mass is 186 g/mol. The molecular formula is C7H10N2O2S. The van der Waals surface area contributed by atoms with Crippen LogP contribution in [0, 0.1) is 0 Å². The molecule has 0 aliphatic heterocycles. The van der Waals surface area contributed by atoms with Gasteiger partial charge < -0.3 is 10.8 Å². The second kappa shape index (κ2) is 4.18. The van der Waals surface area contributed by atoms with Gasteiger partial charge in [0.25, 0.3) is 0 Å². The highest BCUT2D eigenvalue weighted by Crippen LogP contribution is 2.08. The molecule has 0 radical (unpaired) electrons. The van der Waals surface area contributed by atoms with Gasteiger partial charge in [-0.2, -0.15) is 0 Å². The van der Waals surface area contributed by atoms with Crippen LogP contribution in [-0.2, 0) is 11.2 Å². The normalized spacial score (nSPS) is 12.8. The molecule has 66 valence electrons. The summed E-state index contributed by atoms with van der Waals surface area (Å²) in [4.78, 5) is 11.4. The maximum Gasteiger partial charge on any atom is 0.320 e. The molecule has 0 saturated heterocycles. The average Bonchev–Trinajstić information content (AvgIpc) is 2.51. The highest BCUT2D eigenvalue weighted by atomic mass is 32.1. The maximum atomic E-state index is 10.3. The number of hydrogen-bond acceptors (Lipinski definition) is 4. The van der Waals surface area contributed by atoms with E-state index in [2.05, 4.69) is 4.37 Å². The summed E-state index contributed by atoms with van der Waals surface area (Å²) in [7, 11) is 0. The second-order valence-electron chi connectivity index (χ2n) is 2.46. The van der Waals surface area contributed by atoms with Crippen LogP contribution in [-0.4, -0.2) is 21.5 Å². The van der Waals surface area contributed by atoms with E-state index in [1.807, 2.05) is 6.07 Å². The molecule has 0 aliphatic rings. The third-order valence-electron chi connectivity index (χ3n) is 1.51. The van der Waals surface area contributed by atoms with Crippen LogP contribution in [0.3, 0.4) is 0 Å². The van der Waals surface area contributed by atoms with Crippen molar-refractivity contribution in [1.82, 2.24) is 4.37 Å². The lowest BCUT2D eigenvalue weighted by atomic mass is 10.1. The molecule has 1 heterocycles. The zero-order valence-electron chi connectivity index (χ0n) is 6.43. The van der Waals surface area contributed by atoms with Crippen LogP contribution in [0.1, 0.15) is 11.3 Å². The number of nitrogens with zero attached hydrogens (tertiary/aromatic N) is 1. The highest BCUT2D eigenvalue weighted by molar-refractivity contribution is 7.05. The third-order valence-corrected chi connectivity index (χ3v) is 2.31. The van der Waals surface area contributed by atoms with E-state index in [0.717, 1.165) is 4.88 Å². The van der Waals surface area contributed by atoms with Crippen molar-refractivity contribution in [3.8, 4) is 0 Å². The van der Waals surface area contributed by atoms with Crippen molar-refractivity contribution in [3.05, 3.63) is 17.1 Å². The molecule has 0 aromatic carbocycles. The summed E-state index contributed by atoms with van der Waals surface area (Å²) in [6.45, 7) is 0. The fourth-order valence-electron chi connectivity index (χ4n) is 0.792. The molecule has 1 aromatic heterocycles. The molecular weight excluding hydrogens is 176 g/mol. The highest BCUT2D eigenvalue weighted by Gasteiger charge is 2.10. The Balaban J connectivity index is 2.31. The molecule has 1 atom stereocenters. The minimum atomic E-state index is -0.945. The number of carbonyl (C=O) groups is 1. The summed E-state index contributed by atoms with van der Waals surface area (Å²) in [6, 6.07) is 1.12. The molecule has 0 amide bonds. The summed E-state index contributed by atoms with van der Waals surface area (Å²) in [6.07, 6.45) is 2.86. The Morgan fingerprint density at radius 3 is 3.08 bits per heavy atom. The Labute approximate surface area is 74.2 Å². The second-order valence-corrected chi connectivity index (χ2v) is 3.38. The smallest absolute Gasteiger partial charge is 0.320 e. The zero-order valence-corrected chi connectivity index (χ0v) is 7.25. The van der Waals surface area contributed by atoms with E-state index in [4.69, 9.17) is 10.8 Å². The molecule has 0 saturated carbocycles. The zero-order chi connectivity index (χ0) is 8.97. The van der Waals surface area contributed by atoms with E-state index in [-0.39, 0.29) is 0 Å². The van der Waals surface area contributed by atoms with E-state index in [1.54, 1.807) is 6.20 Å². The van der Waals surface area contributed by atoms with Gasteiger partial charge in [0, 0.05) is 11.1 Å². The van der Waals surface area contributed by atoms with Crippen molar-refractivity contribution < 1.29 is 9.90 Å². The SMILES string of the molecule is N[C@@H](CCc1ccns1)C(=O)O. The molecule has 12 heavy (non-hydrogen) atoms. The van der Waals surface area contributed by atoms with Crippen LogP contribution in [0.15, 0.2) is 12.3 Å². The molecule has 0 unspecified atom stereocenters. The molecule has 0 fully saturated rings. The Kier molecular flexibility index (Phi) is 3.19. The van der Waals surface area contributed by atoms with Gasteiger partial charge in [0.1, 0.15) is 6.04 Å². The van der Waals surface area contributed by atoms with Crippen molar-refractivity contribution >= 4 is 17.5 Å². The Hall–Kier alpha value is -0.940. The maximum absolute atomic E-state index is 10.3. The van der Waals surface area contributed by atoms with Crippen molar-refractivity contribution in [1.29, 1.82) is 0 Å². The molecule has 1 rings (SSSR count).